The van der Waals surface area contributed by atoms with Crippen molar-refractivity contribution >= 4 is 21.6 Å². The molecule has 27 heavy (non-hydrogen) atoms. The maximum Gasteiger partial charge on any atom is 0.251 e. The van der Waals surface area contributed by atoms with Crippen LogP contribution in [0.4, 0.5) is 5.69 Å². The maximum absolute atomic E-state index is 12.2. The van der Waals surface area contributed by atoms with Crippen LogP contribution in [0.3, 0.4) is 0 Å². The number of nitrogens with zero attached hydrogens (tertiary/aromatic N) is 1. The predicted octanol–water partition coefficient (Wildman–Crippen LogP) is 2.84. The highest BCUT2D eigenvalue weighted by Crippen LogP contribution is 2.16. The Balaban J connectivity index is 1.80. The van der Waals surface area contributed by atoms with Crippen molar-refractivity contribution in [3.8, 4) is 5.75 Å². The van der Waals surface area contributed by atoms with E-state index < -0.39 is 10.0 Å². The number of carbonyl (C=O) groups excluding carboxylic acids is 1. The summed E-state index contributed by atoms with van der Waals surface area (Å²) in [6.07, 6.45) is 3.29. The summed E-state index contributed by atoms with van der Waals surface area (Å²) in [5.74, 6) is 0.544. The second-order valence-corrected chi connectivity index (χ2v) is 8.29. The van der Waals surface area contributed by atoms with E-state index in [0.717, 1.165) is 29.2 Å². The number of amides is 1. The summed E-state index contributed by atoms with van der Waals surface area (Å²) in [5.41, 5.74) is 2.25. The largest absolute Gasteiger partial charge is 0.492 e. The lowest BCUT2D eigenvalue weighted by molar-refractivity contribution is 0.0947. The number of hydrogen-bond donors (Lipinski definition) is 1. The van der Waals surface area contributed by atoms with Gasteiger partial charge in [-0.25, -0.2) is 8.42 Å². The Morgan fingerprint density at radius 3 is 2.26 bits per heavy atom. The molecule has 0 aliphatic rings. The molecular weight excluding hydrogens is 364 g/mol. The Morgan fingerprint density at radius 2 is 1.70 bits per heavy atom. The molecule has 0 aliphatic carbocycles. The zero-order valence-corrected chi connectivity index (χ0v) is 16.8. The zero-order chi connectivity index (χ0) is 19.9. The average Bonchev–Trinajstić information content (AvgIpc) is 2.65. The minimum atomic E-state index is -3.32. The molecule has 2 aromatic carbocycles. The molecule has 1 N–H and O–H groups in total. The number of hydrogen-bond acceptors (Lipinski definition) is 4. The minimum absolute atomic E-state index is 0.231. The summed E-state index contributed by atoms with van der Waals surface area (Å²) in [5, 5.41) is 2.78. The lowest BCUT2D eigenvalue weighted by atomic mass is 10.1. The highest BCUT2D eigenvalue weighted by atomic mass is 32.2. The van der Waals surface area contributed by atoms with Crippen LogP contribution in [0.2, 0.25) is 0 Å². The van der Waals surface area contributed by atoms with Gasteiger partial charge in [0.05, 0.1) is 18.5 Å². The Kier molecular flexibility index (Phi) is 7.24. The number of carbonyl (C=O) groups is 1. The van der Waals surface area contributed by atoms with Gasteiger partial charge < -0.3 is 10.1 Å². The van der Waals surface area contributed by atoms with Crippen molar-refractivity contribution in [2.24, 2.45) is 0 Å². The van der Waals surface area contributed by atoms with Crippen LogP contribution >= 0.6 is 0 Å². The first-order chi connectivity index (χ1) is 12.8. The fourth-order valence-electron chi connectivity index (χ4n) is 2.49. The standard InChI is InChI=1S/C20H26N2O4S/c1-4-5-16-6-12-19(13-7-16)26-15-14-21-20(23)17-8-10-18(11-9-17)22(2)27(3,24)25/h6-13H,4-5,14-15H2,1-3H3,(H,21,23). The molecule has 0 heterocycles. The molecule has 6 nitrogen and oxygen atoms in total. The second-order valence-electron chi connectivity index (χ2n) is 6.28. The number of nitrogens with one attached hydrogen (secondary N) is 1. The maximum atomic E-state index is 12.2. The monoisotopic (exact) mass is 390 g/mol. The van der Waals surface area contributed by atoms with E-state index in [1.54, 1.807) is 24.3 Å². The molecule has 0 saturated heterocycles. The molecule has 7 heteroatoms. The fourth-order valence-corrected chi connectivity index (χ4v) is 3.00. The van der Waals surface area contributed by atoms with Gasteiger partial charge >= 0.3 is 0 Å². The van der Waals surface area contributed by atoms with Gasteiger partial charge in [0.2, 0.25) is 10.0 Å². The van der Waals surface area contributed by atoms with Crippen LogP contribution in [-0.2, 0) is 16.4 Å². The molecule has 0 atom stereocenters. The third-order valence-electron chi connectivity index (χ3n) is 4.11. The van der Waals surface area contributed by atoms with Crippen LogP contribution in [-0.4, -0.2) is 40.8 Å². The van der Waals surface area contributed by atoms with Crippen molar-refractivity contribution in [2.45, 2.75) is 19.8 Å². The first kappa shape index (κ1) is 20.8. The normalized spacial score (nSPS) is 11.1. The highest BCUT2D eigenvalue weighted by Gasteiger charge is 2.12. The predicted molar refractivity (Wildman–Crippen MR) is 108 cm³/mol. The topological polar surface area (TPSA) is 75.7 Å². The minimum Gasteiger partial charge on any atom is -0.492 e. The number of rotatable bonds is 9. The summed E-state index contributed by atoms with van der Waals surface area (Å²) in [4.78, 5) is 12.2. The molecule has 2 aromatic rings. The third kappa shape index (κ3) is 6.29. The van der Waals surface area contributed by atoms with Gasteiger partial charge in [-0.3, -0.25) is 9.10 Å². The van der Waals surface area contributed by atoms with E-state index in [2.05, 4.69) is 12.2 Å². The van der Waals surface area contributed by atoms with Crippen molar-refractivity contribution in [1.82, 2.24) is 5.32 Å². The van der Waals surface area contributed by atoms with Gasteiger partial charge in [0.1, 0.15) is 12.4 Å². The SMILES string of the molecule is CCCc1ccc(OCCNC(=O)c2ccc(N(C)S(C)(=O)=O)cc2)cc1. The molecule has 0 spiro atoms. The van der Waals surface area contributed by atoms with Crippen LogP contribution in [0.1, 0.15) is 29.3 Å². The van der Waals surface area contributed by atoms with Crippen molar-refractivity contribution in [1.29, 1.82) is 0 Å². The van der Waals surface area contributed by atoms with Crippen molar-refractivity contribution < 1.29 is 17.9 Å². The van der Waals surface area contributed by atoms with Crippen LogP contribution in [0.25, 0.3) is 0 Å². The lowest BCUT2D eigenvalue weighted by Gasteiger charge is -2.16. The van der Waals surface area contributed by atoms with E-state index in [1.807, 2.05) is 24.3 Å². The Hall–Kier alpha value is -2.54. The summed E-state index contributed by atoms with van der Waals surface area (Å²) < 4.78 is 29.8. The van der Waals surface area contributed by atoms with E-state index in [1.165, 1.54) is 12.6 Å². The summed E-state index contributed by atoms with van der Waals surface area (Å²) in [6, 6.07) is 14.4. The summed E-state index contributed by atoms with van der Waals surface area (Å²) in [6.45, 7) is 2.89. The smallest absolute Gasteiger partial charge is 0.251 e. The second kappa shape index (κ2) is 9.41. The van der Waals surface area contributed by atoms with Crippen LogP contribution in [0.5, 0.6) is 5.75 Å². The molecule has 1 amide bonds. The first-order valence-electron chi connectivity index (χ1n) is 8.85. The van der Waals surface area contributed by atoms with Gasteiger partial charge in [0, 0.05) is 12.6 Å². The summed E-state index contributed by atoms with van der Waals surface area (Å²) in [7, 11) is -1.85. The third-order valence-corrected chi connectivity index (χ3v) is 5.31. The molecule has 0 bridgehead atoms. The number of aryl methyl sites for hydroxylation is 1. The number of benzene rings is 2. The van der Waals surface area contributed by atoms with Crippen LogP contribution < -0.4 is 14.4 Å². The number of ether oxygens (including phenoxy) is 1. The van der Waals surface area contributed by atoms with Crippen LogP contribution in [0.15, 0.2) is 48.5 Å². The molecule has 146 valence electrons. The van der Waals surface area contributed by atoms with Gasteiger partial charge in [0.25, 0.3) is 5.91 Å². The van der Waals surface area contributed by atoms with E-state index in [-0.39, 0.29) is 5.91 Å². The Labute approximate surface area is 161 Å². The lowest BCUT2D eigenvalue weighted by Crippen LogP contribution is -2.28. The van der Waals surface area contributed by atoms with Gasteiger partial charge in [-0.15, -0.1) is 0 Å². The van der Waals surface area contributed by atoms with Crippen molar-refractivity contribution in [2.75, 3.05) is 30.8 Å². The van der Waals surface area contributed by atoms with Crippen molar-refractivity contribution in [3.63, 3.8) is 0 Å². The molecule has 0 aliphatic heterocycles. The Bertz CT molecular complexity index is 847. The molecule has 0 radical (unpaired) electrons. The van der Waals surface area contributed by atoms with E-state index >= 15 is 0 Å². The van der Waals surface area contributed by atoms with Gasteiger partial charge in [-0.1, -0.05) is 25.5 Å². The quantitative estimate of drug-likeness (QED) is 0.668. The fraction of sp³-hybridized carbons (Fsp3) is 0.350. The van der Waals surface area contributed by atoms with E-state index in [4.69, 9.17) is 4.74 Å². The number of anilines is 1. The molecule has 0 fully saturated rings. The van der Waals surface area contributed by atoms with Gasteiger partial charge in [-0.2, -0.15) is 0 Å². The molecule has 0 saturated carbocycles. The van der Waals surface area contributed by atoms with E-state index in [9.17, 15) is 13.2 Å². The van der Waals surface area contributed by atoms with Gasteiger partial charge in [0.15, 0.2) is 0 Å². The van der Waals surface area contributed by atoms with Crippen LogP contribution in [0, 0.1) is 0 Å². The first-order valence-corrected chi connectivity index (χ1v) is 10.7. The molecule has 0 unspecified atom stereocenters. The average molecular weight is 391 g/mol. The molecule has 2 rings (SSSR count). The Morgan fingerprint density at radius 1 is 1.07 bits per heavy atom. The molecule has 0 aromatic heterocycles. The van der Waals surface area contributed by atoms with Gasteiger partial charge in [-0.05, 0) is 48.4 Å². The summed E-state index contributed by atoms with van der Waals surface area (Å²) >= 11 is 0. The number of sulfonamides is 1. The van der Waals surface area contributed by atoms with E-state index in [0.29, 0.717) is 24.4 Å². The highest BCUT2D eigenvalue weighted by molar-refractivity contribution is 7.92. The van der Waals surface area contributed by atoms with Crippen molar-refractivity contribution in [3.05, 3.63) is 59.7 Å². The zero-order valence-electron chi connectivity index (χ0n) is 15.9. The molecular formula is C20H26N2O4S.